The van der Waals surface area contributed by atoms with Crippen molar-refractivity contribution in [2.45, 2.75) is 23.8 Å². The van der Waals surface area contributed by atoms with Crippen molar-refractivity contribution >= 4 is 40.6 Å². The van der Waals surface area contributed by atoms with Gasteiger partial charge in [0.2, 0.25) is 5.90 Å². The van der Waals surface area contributed by atoms with Gasteiger partial charge in [-0.15, -0.1) is 0 Å². The number of aliphatic imine (C=N–C) groups is 1. The van der Waals surface area contributed by atoms with E-state index in [0.29, 0.717) is 5.90 Å². The number of fused-ring (bicyclic) bond motifs is 1. The molecule has 0 bridgehead atoms. The summed E-state index contributed by atoms with van der Waals surface area (Å²) < 4.78 is 5.47. The van der Waals surface area contributed by atoms with E-state index < -0.39 is 5.97 Å². The van der Waals surface area contributed by atoms with Crippen LogP contribution in [0.2, 0.25) is 0 Å². The monoisotopic (exact) mass is 436 g/mol. The summed E-state index contributed by atoms with van der Waals surface area (Å²) in [6, 6.07) is 26.0. The molecule has 0 N–H and O–H groups in total. The molecule has 0 amide bonds. The van der Waals surface area contributed by atoms with E-state index in [1.807, 2.05) is 67.6 Å². The van der Waals surface area contributed by atoms with Gasteiger partial charge in [-0.3, -0.25) is 0 Å². The third-order valence-electron chi connectivity index (χ3n) is 5.10. The highest BCUT2D eigenvalue weighted by atomic mass is 32.2. The highest BCUT2D eigenvalue weighted by Gasteiger charge is 2.25. The molecule has 0 atom stereocenters. The lowest BCUT2D eigenvalue weighted by Gasteiger charge is -2.08. The van der Waals surface area contributed by atoms with Gasteiger partial charge in [0.25, 0.3) is 0 Å². The Bertz CT molecular complexity index is 1410. The summed E-state index contributed by atoms with van der Waals surface area (Å²) in [6.45, 7) is 4.05. The number of aryl methyl sites for hydroxylation is 2. The Kier molecular flexibility index (Phi) is 5.33. The van der Waals surface area contributed by atoms with E-state index in [0.717, 1.165) is 43.1 Å². The highest BCUT2D eigenvalue weighted by Crippen LogP contribution is 2.33. The number of benzene rings is 3. The van der Waals surface area contributed by atoms with E-state index in [4.69, 9.17) is 9.72 Å². The first-order valence-corrected chi connectivity index (χ1v) is 11.1. The minimum absolute atomic E-state index is 0.269. The standard InChI is InChI=1S/C27H20N2O2S/c1-17-7-6-8-19(13-17)25-28-24(27(30)31-25)16-21-15-20-14-18(2)11-12-23(20)29-26(21)32-22-9-4-3-5-10-22/h3-16H,1-2H3. The second kappa shape index (κ2) is 8.44. The molecule has 4 aromatic rings. The molecule has 4 nitrogen and oxygen atoms in total. The van der Waals surface area contributed by atoms with Gasteiger partial charge < -0.3 is 4.74 Å². The van der Waals surface area contributed by atoms with Crippen molar-refractivity contribution in [1.29, 1.82) is 0 Å². The predicted molar refractivity (Wildman–Crippen MR) is 129 cm³/mol. The number of ether oxygens (including phenoxy) is 1. The van der Waals surface area contributed by atoms with Gasteiger partial charge in [0.15, 0.2) is 5.70 Å². The Morgan fingerprint density at radius 2 is 1.69 bits per heavy atom. The van der Waals surface area contributed by atoms with Crippen molar-refractivity contribution < 1.29 is 9.53 Å². The van der Waals surface area contributed by atoms with Crippen LogP contribution in [0.1, 0.15) is 22.3 Å². The van der Waals surface area contributed by atoms with E-state index in [-0.39, 0.29) is 5.70 Å². The van der Waals surface area contributed by atoms with E-state index in [1.165, 1.54) is 0 Å². The van der Waals surface area contributed by atoms with Crippen LogP contribution < -0.4 is 0 Å². The molecule has 0 unspecified atom stereocenters. The van der Waals surface area contributed by atoms with Crippen LogP contribution in [0.5, 0.6) is 0 Å². The summed E-state index contributed by atoms with van der Waals surface area (Å²) in [5, 5.41) is 1.83. The molecule has 1 aliphatic heterocycles. The van der Waals surface area contributed by atoms with Crippen LogP contribution in [-0.4, -0.2) is 16.9 Å². The Morgan fingerprint density at radius 1 is 0.875 bits per heavy atom. The quantitative estimate of drug-likeness (QED) is 0.276. The van der Waals surface area contributed by atoms with Gasteiger partial charge in [-0.2, -0.15) is 0 Å². The zero-order valence-electron chi connectivity index (χ0n) is 17.7. The van der Waals surface area contributed by atoms with Crippen LogP contribution >= 0.6 is 11.8 Å². The van der Waals surface area contributed by atoms with Gasteiger partial charge in [-0.05, 0) is 62.4 Å². The summed E-state index contributed by atoms with van der Waals surface area (Å²) in [7, 11) is 0. The average Bonchev–Trinajstić information content (AvgIpc) is 3.15. The van der Waals surface area contributed by atoms with Gasteiger partial charge in [-0.25, -0.2) is 14.8 Å². The molecule has 0 aliphatic carbocycles. The minimum Gasteiger partial charge on any atom is -0.402 e. The number of rotatable bonds is 4. The minimum atomic E-state index is -0.457. The number of hydrogen-bond acceptors (Lipinski definition) is 5. The largest absolute Gasteiger partial charge is 0.402 e. The molecule has 3 aromatic carbocycles. The molecule has 2 heterocycles. The molecule has 156 valence electrons. The number of hydrogen-bond donors (Lipinski definition) is 0. The third kappa shape index (κ3) is 4.20. The van der Waals surface area contributed by atoms with Crippen LogP contribution in [0.25, 0.3) is 17.0 Å². The maximum Gasteiger partial charge on any atom is 0.363 e. The number of nitrogens with zero attached hydrogens (tertiary/aromatic N) is 2. The molecule has 32 heavy (non-hydrogen) atoms. The Hall–Kier alpha value is -3.70. The summed E-state index contributed by atoms with van der Waals surface area (Å²) in [5.74, 6) is -0.131. The van der Waals surface area contributed by atoms with Gasteiger partial charge in [0.05, 0.1) is 5.52 Å². The van der Waals surface area contributed by atoms with Crippen LogP contribution in [0, 0.1) is 13.8 Å². The lowest BCUT2D eigenvalue weighted by atomic mass is 10.1. The van der Waals surface area contributed by atoms with Crippen molar-refractivity contribution in [3.05, 3.63) is 107 Å². The summed E-state index contributed by atoms with van der Waals surface area (Å²) in [5.41, 5.74) is 5.03. The Morgan fingerprint density at radius 3 is 2.50 bits per heavy atom. The van der Waals surface area contributed by atoms with E-state index in [9.17, 15) is 4.79 Å². The lowest BCUT2D eigenvalue weighted by molar-refractivity contribution is -0.129. The topological polar surface area (TPSA) is 51.5 Å². The van der Waals surface area contributed by atoms with Crippen molar-refractivity contribution in [1.82, 2.24) is 4.98 Å². The molecule has 5 rings (SSSR count). The molecule has 5 heteroatoms. The van der Waals surface area contributed by atoms with Crippen LogP contribution in [0.4, 0.5) is 0 Å². The number of carbonyl (C=O) groups excluding carboxylic acids is 1. The van der Waals surface area contributed by atoms with Crippen LogP contribution in [0.15, 0.2) is 99.5 Å². The second-order valence-electron chi connectivity index (χ2n) is 7.70. The van der Waals surface area contributed by atoms with E-state index >= 15 is 0 Å². The normalized spacial score (nSPS) is 14.6. The number of carbonyl (C=O) groups is 1. The first-order chi connectivity index (χ1) is 15.5. The Balaban J connectivity index is 1.60. The lowest BCUT2D eigenvalue weighted by Crippen LogP contribution is -2.05. The molecule has 0 saturated heterocycles. The number of pyridine rings is 1. The van der Waals surface area contributed by atoms with Crippen molar-refractivity contribution in [3.63, 3.8) is 0 Å². The molecule has 1 aromatic heterocycles. The molecular weight excluding hydrogens is 416 g/mol. The first kappa shape index (κ1) is 20.2. The predicted octanol–water partition coefficient (Wildman–Crippen LogP) is 6.35. The number of cyclic esters (lactones) is 1. The fourth-order valence-electron chi connectivity index (χ4n) is 3.54. The molecule has 0 radical (unpaired) electrons. The zero-order valence-corrected chi connectivity index (χ0v) is 18.5. The van der Waals surface area contributed by atoms with Crippen molar-refractivity contribution in [2.75, 3.05) is 0 Å². The van der Waals surface area contributed by atoms with Crippen molar-refractivity contribution in [2.24, 2.45) is 4.99 Å². The maximum absolute atomic E-state index is 12.6. The van der Waals surface area contributed by atoms with E-state index in [2.05, 4.69) is 30.1 Å². The smallest absolute Gasteiger partial charge is 0.363 e. The zero-order chi connectivity index (χ0) is 22.1. The number of esters is 1. The average molecular weight is 437 g/mol. The molecule has 0 saturated carbocycles. The summed E-state index contributed by atoms with van der Waals surface area (Å²) in [4.78, 5) is 23.1. The van der Waals surface area contributed by atoms with Crippen LogP contribution in [0.3, 0.4) is 0 Å². The summed E-state index contributed by atoms with van der Waals surface area (Å²) in [6.07, 6.45) is 1.77. The van der Waals surface area contributed by atoms with Gasteiger partial charge in [-0.1, -0.05) is 59.3 Å². The second-order valence-corrected chi connectivity index (χ2v) is 8.76. The maximum atomic E-state index is 12.6. The van der Waals surface area contributed by atoms with Crippen molar-refractivity contribution in [3.8, 4) is 0 Å². The molecule has 1 aliphatic rings. The fraction of sp³-hybridized carbons (Fsp3) is 0.0741. The molecule has 0 spiro atoms. The highest BCUT2D eigenvalue weighted by molar-refractivity contribution is 7.99. The summed E-state index contributed by atoms with van der Waals surface area (Å²) >= 11 is 1.56. The van der Waals surface area contributed by atoms with E-state index in [1.54, 1.807) is 17.8 Å². The fourth-order valence-corrected chi connectivity index (χ4v) is 4.43. The van der Waals surface area contributed by atoms with Gasteiger partial charge >= 0.3 is 5.97 Å². The SMILES string of the molecule is Cc1cccc(C2=NC(=Cc3cc4cc(C)ccc4nc3Sc3ccccc3)C(=O)O2)c1. The first-order valence-electron chi connectivity index (χ1n) is 10.3. The third-order valence-corrected chi connectivity index (χ3v) is 6.13. The number of aromatic nitrogens is 1. The molecular formula is C27H20N2O2S. The molecule has 0 fully saturated rings. The van der Waals surface area contributed by atoms with Crippen LogP contribution in [-0.2, 0) is 9.53 Å². The van der Waals surface area contributed by atoms with Gasteiger partial charge in [0, 0.05) is 21.4 Å². The van der Waals surface area contributed by atoms with Gasteiger partial charge in [0.1, 0.15) is 5.03 Å². The Labute approximate surface area is 190 Å².